The third kappa shape index (κ3) is 10.0. The molecule has 210 valence electrons. The van der Waals surface area contributed by atoms with Gasteiger partial charge in [0.05, 0.1) is 25.3 Å². The number of hydrogen-bond donors (Lipinski definition) is 0. The number of nitrogens with zero attached hydrogens (tertiary/aromatic N) is 2. The van der Waals surface area contributed by atoms with Crippen molar-refractivity contribution in [2.75, 3.05) is 14.2 Å². The summed E-state index contributed by atoms with van der Waals surface area (Å²) in [5, 5.41) is 0. The summed E-state index contributed by atoms with van der Waals surface area (Å²) in [5.41, 5.74) is 3.51. The zero-order valence-corrected chi connectivity index (χ0v) is 24.5. The molecular formula is C34H52N2O2. The van der Waals surface area contributed by atoms with E-state index in [1.165, 1.54) is 114 Å². The number of imidazole rings is 1. The van der Waals surface area contributed by atoms with Crippen molar-refractivity contribution in [3.63, 3.8) is 0 Å². The van der Waals surface area contributed by atoms with Gasteiger partial charge in [-0.3, -0.25) is 0 Å². The number of aryl methyl sites for hydroxylation is 1. The molecule has 0 saturated carbocycles. The highest BCUT2D eigenvalue weighted by Gasteiger charge is 2.13. The van der Waals surface area contributed by atoms with Crippen molar-refractivity contribution in [3.05, 3.63) is 53.9 Å². The predicted molar refractivity (Wildman–Crippen MR) is 162 cm³/mol. The van der Waals surface area contributed by atoms with E-state index in [0.717, 1.165) is 35.8 Å². The van der Waals surface area contributed by atoms with E-state index in [1.54, 1.807) is 14.2 Å². The molecule has 0 aliphatic heterocycles. The zero-order chi connectivity index (χ0) is 26.8. The molecule has 4 nitrogen and oxygen atoms in total. The van der Waals surface area contributed by atoms with Gasteiger partial charge in [0.25, 0.3) is 0 Å². The average Bonchev–Trinajstić information content (AvgIpc) is 3.29. The van der Waals surface area contributed by atoms with Gasteiger partial charge in [-0.25, -0.2) is 4.98 Å². The Morgan fingerprint density at radius 2 is 1.18 bits per heavy atom. The van der Waals surface area contributed by atoms with Gasteiger partial charge in [-0.1, -0.05) is 121 Å². The van der Waals surface area contributed by atoms with Gasteiger partial charge < -0.3 is 14.0 Å². The first kappa shape index (κ1) is 30.1. The number of para-hydroxylation sites is 2. The monoisotopic (exact) mass is 520 g/mol. The summed E-state index contributed by atoms with van der Waals surface area (Å²) >= 11 is 0. The molecule has 0 spiro atoms. The maximum atomic E-state index is 5.52. The van der Waals surface area contributed by atoms with Gasteiger partial charge in [-0.05, 0) is 36.2 Å². The number of hydrogen-bond acceptors (Lipinski definition) is 3. The predicted octanol–water partition coefficient (Wildman–Crippen LogP) is 9.91. The summed E-state index contributed by atoms with van der Waals surface area (Å²) in [6, 6.07) is 14.7. The number of methoxy groups -OCH3 is 2. The van der Waals surface area contributed by atoms with Crippen LogP contribution in [0.2, 0.25) is 0 Å². The summed E-state index contributed by atoms with van der Waals surface area (Å²) in [5.74, 6) is 2.66. The molecule has 3 aromatic rings. The van der Waals surface area contributed by atoms with Crippen molar-refractivity contribution >= 4 is 11.0 Å². The molecule has 2 aromatic carbocycles. The Morgan fingerprint density at radius 3 is 1.76 bits per heavy atom. The van der Waals surface area contributed by atoms with Crippen LogP contribution < -0.4 is 9.47 Å². The summed E-state index contributed by atoms with van der Waals surface area (Å²) in [6.07, 6.45) is 23.1. The number of rotatable bonds is 21. The van der Waals surface area contributed by atoms with E-state index in [1.807, 2.05) is 6.07 Å². The third-order valence-electron chi connectivity index (χ3n) is 7.78. The molecule has 0 aliphatic carbocycles. The van der Waals surface area contributed by atoms with Crippen LogP contribution in [0.25, 0.3) is 11.0 Å². The van der Waals surface area contributed by atoms with Gasteiger partial charge in [0.2, 0.25) is 0 Å². The molecule has 3 rings (SSSR count). The lowest BCUT2D eigenvalue weighted by Gasteiger charge is -2.12. The van der Waals surface area contributed by atoms with Crippen molar-refractivity contribution < 1.29 is 9.47 Å². The number of fused-ring (bicyclic) bond motifs is 1. The number of ether oxygens (including phenoxy) is 2. The second-order valence-electron chi connectivity index (χ2n) is 10.8. The maximum absolute atomic E-state index is 5.52. The van der Waals surface area contributed by atoms with Crippen molar-refractivity contribution in [3.8, 4) is 11.5 Å². The van der Waals surface area contributed by atoms with Crippen LogP contribution in [-0.2, 0) is 13.0 Å². The maximum Gasteiger partial charge on any atom is 0.161 e. The van der Waals surface area contributed by atoms with Gasteiger partial charge in [-0.15, -0.1) is 0 Å². The van der Waals surface area contributed by atoms with Gasteiger partial charge in [0, 0.05) is 13.0 Å². The summed E-state index contributed by atoms with van der Waals surface area (Å²) < 4.78 is 13.3. The molecule has 0 fully saturated rings. The van der Waals surface area contributed by atoms with E-state index in [9.17, 15) is 0 Å². The molecule has 0 atom stereocenters. The summed E-state index contributed by atoms with van der Waals surface area (Å²) in [4.78, 5) is 4.99. The Morgan fingerprint density at radius 1 is 0.632 bits per heavy atom. The molecule has 38 heavy (non-hydrogen) atoms. The SMILES string of the molecule is CCCCCCCCCCCCCCCCCCn1c(Cc2ccc(OC)c(OC)c2)nc2ccccc21. The highest BCUT2D eigenvalue weighted by atomic mass is 16.5. The van der Waals surface area contributed by atoms with Gasteiger partial charge in [0.1, 0.15) is 5.82 Å². The van der Waals surface area contributed by atoms with Crippen LogP contribution >= 0.6 is 0 Å². The standard InChI is InChI=1S/C34H52N2O2/c1-4-5-6-7-8-9-10-11-12-13-14-15-16-17-18-21-26-36-31-23-20-19-22-30(31)35-34(36)28-29-24-25-32(37-2)33(27-29)38-3/h19-20,22-25,27H,4-18,21,26,28H2,1-3H3. The molecule has 0 saturated heterocycles. The first-order chi connectivity index (χ1) is 18.8. The van der Waals surface area contributed by atoms with Gasteiger partial charge >= 0.3 is 0 Å². The minimum atomic E-state index is 0.762. The largest absolute Gasteiger partial charge is 0.493 e. The Labute approximate surface area is 232 Å². The Hall–Kier alpha value is -2.49. The van der Waals surface area contributed by atoms with Crippen LogP contribution in [0, 0.1) is 0 Å². The molecule has 1 heterocycles. The zero-order valence-electron chi connectivity index (χ0n) is 24.5. The normalized spacial score (nSPS) is 11.3. The van der Waals surface area contributed by atoms with Crippen molar-refractivity contribution in [1.29, 1.82) is 0 Å². The van der Waals surface area contributed by atoms with Crippen molar-refractivity contribution in [2.24, 2.45) is 0 Å². The lowest BCUT2D eigenvalue weighted by molar-refractivity contribution is 0.354. The van der Waals surface area contributed by atoms with Crippen molar-refractivity contribution in [1.82, 2.24) is 9.55 Å². The number of unbranched alkanes of at least 4 members (excludes halogenated alkanes) is 15. The topological polar surface area (TPSA) is 36.3 Å². The van der Waals surface area contributed by atoms with E-state index >= 15 is 0 Å². The average molecular weight is 521 g/mol. The van der Waals surface area contributed by atoms with Crippen LogP contribution in [0.15, 0.2) is 42.5 Å². The second kappa shape index (κ2) is 17.9. The quantitative estimate of drug-likeness (QED) is 0.131. The fraction of sp³-hybridized carbons (Fsp3) is 0.618. The molecule has 0 aliphatic rings. The molecular weight excluding hydrogens is 468 g/mol. The second-order valence-corrected chi connectivity index (χ2v) is 10.8. The third-order valence-corrected chi connectivity index (χ3v) is 7.78. The molecule has 0 bridgehead atoms. The fourth-order valence-electron chi connectivity index (χ4n) is 5.50. The molecule has 0 unspecified atom stereocenters. The van der Waals surface area contributed by atoms with E-state index < -0.39 is 0 Å². The Balaban J connectivity index is 1.35. The molecule has 0 N–H and O–H groups in total. The molecule has 0 radical (unpaired) electrons. The van der Waals surface area contributed by atoms with Crippen LogP contribution in [0.1, 0.15) is 121 Å². The molecule has 4 heteroatoms. The summed E-state index contributed by atoms with van der Waals surface area (Å²) in [6.45, 7) is 3.32. The fourth-order valence-corrected chi connectivity index (χ4v) is 5.50. The molecule has 0 amide bonds. The van der Waals surface area contributed by atoms with E-state index in [4.69, 9.17) is 14.5 Å². The summed E-state index contributed by atoms with van der Waals surface area (Å²) in [7, 11) is 3.36. The highest BCUT2D eigenvalue weighted by Crippen LogP contribution is 2.29. The van der Waals surface area contributed by atoms with Crippen molar-refractivity contribution in [2.45, 2.75) is 123 Å². The Kier molecular flexibility index (Phi) is 14.2. The lowest BCUT2D eigenvalue weighted by Crippen LogP contribution is -2.05. The number of benzene rings is 2. The number of aromatic nitrogens is 2. The van der Waals surface area contributed by atoms with Crippen LogP contribution in [-0.4, -0.2) is 23.8 Å². The van der Waals surface area contributed by atoms with Crippen LogP contribution in [0.4, 0.5) is 0 Å². The van der Waals surface area contributed by atoms with Crippen LogP contribution in [0.3, 0.4) is 0 Å². The van der Waals surface area contributed by atoms with E-state index in [-0.39, 0.29) is 0 Å². The minimum Gasteiger partial charge on any atom is -0.493 e. The smallest absolute Gasteiger partial charge is 0.161 e. The van der Waals surface area contributed by atoms with E-state index in [2.05, 4.69) is 47.9 Å². The lowest BCUT2D eigenvalue weighted by atomic mass is 10.0. The van der Waals surface area contributed by atoms with Crippen LogP contribution in [0.5, 0.6) is 11.5 Å². The van der Waals surface area contributed by atoms with Gasteiger partial charge in [0.15, 0.2) is 11.5 Å². The minimum absolute atomic E-state index is 0.762. The first-order valence-electron chi connectivity index (χ1n) is 15.4. The highest BCUT2D eigenvalue weighted by molar-refractivity contribution is 5.76. The first-order valence-corrected chi connectivity index (χ1v) is 15.4. The Bertz CT molecular complexity index is 1040. The molecule has 1 aromatic heterocycles. The van der Waals surface area contributed by atoms with Gasteiger partial charge in [-0.2, -0.15) is 0 Å². The van der Waals surface area contributed by atoms with E-state index in [0.29, 0.717) is 0 Å².